The van der Waals surface area contributed by atoms with Gasteiger partial charge < -0.3 is 10.4 Å². The normalized spacial score (nSPS) is 11.9. The lowest BCUT2D eigenvalue weighted by molar-refractivity contribution is 0.0690. The van der Waals surface area contributed by atoms with E-state index < -0.39 is 11.9 Å². The number of nitrogens with one attached hydrogen (secondary N) is 1. The Hall–Kier alpha value is -2.63. The summed E-state index contributed by atoms with van der Waals surface area (Å²) in [7, 11) is 1.55. The van der Waals surface area contributed by atoms with Crippen LogP contribution in [-0.4, -0.2) is 26.8 Å². The van der Waals surface area contributed by atoms with Crippen molar-refractivity contribution < 1.29 is 14.7 Å². The largest absolute Gasteiger partial charge is 0.478 e. The van der Waals surface area contributed by atoms with E-state index in [0.29, 0.717) is 6.42 Å². The molecule has 21 heavy (non-hydrogen) atoms. The minimum atomic E-state index is -1.17. The molecular formula is C15H17N3O3. The molecule has 110 valence electrons. The number of aryl methyl sites for hydroxylation is 1. The summed E-state index contributed by atoms with van der Waals surface area (Å²) in [6.07, 6.45) is 1.89. The first-order chi connectivity index (χ1) is 10.0. The number of carbonyl (C=O) groups excluding carboxylic acids is 1. The first-order valence-electron chi connectivity index (χ1n) is 6.65. The van der Waals surface area contributed by atoms with Crippen LogP contribution < -0.4 is 5.32 Å². The fraction of sp³-hybridized carbons (Fsp3) is 0.267. The van der Waals surface area contributed by atoms with Gasteiger partial charge in [0.25, 0.3) is 5.91 Å². The summed E-state index contributed by atoms with van der Waals surface area (Å²) in [5, 5.41) is 15.8. The number of carbonyl (C=O) groups is 2. The Balaban J connectivity index is 2.25. The maximum atomic E-state index is 12.4. The Labute approximate surface area is 122 Å². The van der Waals surface area contributed by atoms with E-state index in [0.717, 1.165) is 5.56 Å². The maximum Gasteiger partial charge on any atom is 0.339 e. The van der Waals surface area contributed by atoms with E-state index in [9.17, 15) is 9.59 Å². The third-order valence-corrected chi connectivity index (χ3v) is 3.30. The summed E-state index contributed by atoms with van der Waals surface area (Å²) in [5.41, 5.74) is 0.933. The van der Waals surface area contributed by atoms with E-state index in [1.807, 2.05) is 37.3 Å². The molecule has 2 N–H and O–H groups in total. The summed E-state index contributed by atoms with van der Waals surface area (Å²) < 4.78 is 1.27. The Morgan fingerprint density at radius 1 is 1.33 bits per heavy atom. The fourth-order valence-corrected chi connectivity index (χ4v) is 2.20. The first kappa shape index (κ1) is 14.8. The number of aromatic carboxylic acids is 1. The molecular weight excluding hydrogens is 270 g/mol. The van der Waals surface area contributed by atoms with Crippen molar-refractivity contribution in [2.45, 2.75) is 19.4 Å². The van der Waals surface area contributed by atoms with Gasteiger partial charge >= 0.3 is 5.97 Å². The van der Waals surface area contributed by atoms with Crippen molar-refractivity contribution in [3.05, 3.63) is 53.3 Å². The third-order valence-electron chi connectivity index (χ3n) is 3.30. The number of amides is 1. The lowest BCUT2D eigenvalue weighted by Crippen LogP contribution is -2.31. The number of benzene rings is 1. The average molecular weight is 287 g/mol. The van der Waals surface area contributed by atoms with E-state index >= 15 is 0 Å². The lowest BCUT2D eigenvalue weighted by atomic mass is 10.0. The topological polar surface area (TPSA) is 84.2 Å². The zero-order valence-electron chi connectivity index (χ0n) is 11.9. The van der Waals surface area contributed by atoms with Gasteiger partial charge in [0.05, 0.1) is 12.2 Å². The first-order valence-corrected chi connectivity index (χ1v) is 6.65. The molecule has 2 rings (SSSR count). The number of hydrogen-bond acceptors (Lipinski definition) is 3. The molecule has 1 unspecified atom stereocenters. The highest BCUT2D eigenvalue weighted by atomic mass is 16.4. The van der Waals surface area contributed by atoms with Gasteiger partial charge in [-0.15, -0.1) is 0 Å². The van der Waals surface area contributed by atoms with Gasteiger partial charge in [-0.25, -0.2) is 4.79 Å². The van der Waals surface area contributed by atoms with Crippen LogP contribution in [0.4, 0.5) is 0 Å². The highest BCUT2D eigenvalue weighted by molar-refractivity contribution is 6.03. The standard InChI is InChI=1S/C15H17N3O3/c1-3-12(10-7-5-4-6-8-10)17-14(19)13-11(15(20)21)9-16-18(13)2/h4-9,12H,3H2,1-2H3,(H,17,19)(H,20,21). The molecule has 1 amide bonds. The molecule has 1 heterocycles. The highest BCUT2D eigenvalue weighted by Gasteiger charge is 2.23. The van der Waals surface area contributed by atoms with Gasteiger partial charge in [0.2, 0.25) is 0 Å². The van der Waals surface area contributed by atoms with Crippen LogP contribution >= 0.6 is 0 Å². The highest BCUT2D eigenvalue weighted by Crippen LogP contribution is 2.17. The smallest absolute Gasteiger partial charge is 0.339 e. The van der Waals surface area contributed by atoms with Crippen LogP contribution in [0.1, 0.15) is 45.8 Å². The molecule has 0 aliphatic heterocycles. The van der Waals surface area contributed by atoms with Crippen molar-refractivity contribution in [2.75, 3.05) is 0 Å². The van der Waals surface area contributed by atoms with E-state index in [-0.39, 0.29) is 17.3 Å². The van der Waals surface area contributed by atoms with Crippen molar-refractivity contribution in [1.29, 1.82) is 0 Å². The monoisotopic (exact) mass is 287 g/mol. The predicted molar refractivity (Wildman–Crippen MR) is 77.1 cm³/mol. The van der Waals surface area contributed by atoms with E-state index in [1.54, 1.807) is 7.05 Å². The van der Waals surface area contributed by atoms with Gasteiger partial charge in [-0.05, 0) is 12.0 Å². The fourth-order valence-electron chi connectivity index (χ4n) is 2.20. The van der Waals surface area contributed by atoms with Crippen molar-refractivity contribution in [2.24, 2.45) is 7.05 Å². The Morgan fingerprint density at radius 2 is 2.00 bits per heavy atom. The molecule has 0 aliphatic carbocycles. The van der Waals surface area contributed by atoms with Gasteiger partial charge in [-0.2, -0.15) is 5.10 Å². The maximum absolute atomic E-state index is 12.4. The predicted octanol–water partition coefficient (Wildman–Crippen LogP) is 2.00. The SMILES string of the molecule is CCC(NC(=O)c1c(C(=O)O)cnn1C)c1ccccc1. The molecule has 0 aliphatic rings. The van der Waals surface area contributed by atoms with Crippen LogP contribution in [0.15, 0.2) is 36.5 Å². The molecule has 0 radical (unpaired) electrons. The molecule has 6 heteroatoms. The zero-order valence-corrected chi connectivity index (χ0v) is 11.9. The van der Waals surface area contributed by atoms with Gasteiger partial charge in [0.15, 0.2) is 0 Å². The van der Waals surface area contributed by atoms with Crippen molar-refractivity contribution in [3.63, 3.8) is 0 Å². The molecule has 6 nitrogen and oxygen atoms in total. The second-order valence-corrected chi connectivity index (χ2v) is 4.68. The number of carboxylic acids is 1. The second-order valence-electron chi connectivity index (χ2n) is 4.68. The molecule has 0 saturated heterocycles. The Morgan fingerprint density at radius 3 is 2.57 bits per heavy atom. The van der Waals surface area contributed by atoms with Gasteiger partial charge in [-0.3, -0.25) is 9.48 Å². The molecule has 2 aromatic rings. The zero-order chi connectivity index (χ0) is 15.4. The van der Waals surface area contributed by atoms with Gasteiger partial charge in [0, 0.05) is 7.05 Å². The number of aromatic nitrogens is 2. The van der Waals surface area contributed by atoms with E-state index in [4.69, 9.17) is 5.11 Å². The summed E-state index contributed by atoms with van der Waals surface area (Å²) in [5.74, 6) is -1.61. The van der Waals surface area contributed by atoms with Crippen molar-refractivity contribution in [1.82, 2.24) is 15.1 Å². The molecule has 0 saturated carbocycles. The third kappa shape index (κ3) is 3.10. The minimum Gasteiger partial charge on any atom is -0.478 e. The van der Waals surface area contributed by atoms with Gasteiger partial charge in [0.1, 0.15) is 11.3 Å². The molecule has 0 fully saturated rings. The summed E-state index contributed by atoms with van der Waals surface area (Å²) >= 11 is 0. The summed E-state index contributed by atoms with van der Waals surface area (Å²) in [6, 6.07) is 9.39. The summed E-state index contributed by atoms with van der Waals surface area (Å²) in [4.78, 5) is 23.5. The van der Waals surface area contributed by atoms with Gasteiger partial charge in [-0.1, -0.05) is 37.3 Å². The molecule has 1 aromatic carbocycles. The Kier molecular flexibility index (Phi) is 4.37. The van der Waals surface area contributed by atoms with E-state index in [2.05, 4.69) is 10.4 Å². The lowest BCUT2D eigenvalue weighted by Gasteiger charge is -2.17. The molecule has 0 spiro atoms. The van der Waals surface area contributed by atoms with Crippen LogP contribution in [0, 0.1) is 0 Å². The summed E-state index contributed by atoms with van der Waals surface area (Å²) in [6.45, 7) is 1.96. The van der Waals surface area contributed by atoms with Crippen LogP contribution in [0.5, 0.6) is 0 Å². The van der Waals surface area contributed by atoms with Crippen LogP contribution in [-0.2, 0) is 7.05 Å². The van der Waals surface area contributed by atoms with Crippen LogP contribution in [0.3, 0.4) is 0 Å². The van der Waals surface area contributed by atoms with Crippen LogP contribution in [0.25, 0.3) is 0 Å². The number of carboxylic acid groups (broad SMARTS) is 1. The van der Waals surface area contributed by atoms with Crippen molar-refractivity contribution in [3.8, 4) is 0 Å². The van der Waals surface area contributed by atoms with Crippen LogP contribution in [0.2, 0.25) is 0 Å². The quantitative estimate of drug-likeness (QED) is 0.881. The molecule has 1 aromatic heterocycles. The molecule has 0 bridgehead atoms. The number of hydrogen-bond donors (Lipinski definition) is 2. The van der Waals surface area contributed by atoms with E-state index in [1.165, 1.54) is 10.9 Å². The number of rotatable bonds is 5. The second kappa shape index (κ2) is 6.21. The molecule has 1 atom stereocenters. The van der Waals surface area contributed by atoms with Crippen molar-refractivity contribution >= 4 is 11.9 Å². The number of nitrogens with zero attached hydrogens (tertiary/aromatic N) is 2. The minimum absolute atomic E-state index is 0.0527. The Bertz CT molecular complexity index is 649. The average Bonchev–Trinajstić information content (AvgIpc) is 2.87.